The molecule has 0 saturated carbocycles. The molecule has 37 heteroatoms. The number of aromatic hydroxyl groups is 1. The third-order valence-electron chi connectivity index (χ3n) is 16.3. The maximum absolute atomic E-state index is 15.2. The topological polar surface area (TPSA) is 588 Å². The second kappa shape index (κ2) is 38.1. The standard InChI is InChI=1S/C63H90N14O23/c1-7-10-11-12-13-14-15-16-17-18-41(100-61-50(87)48(85)40(81)28-99-61)49(86)60(96)70-34(9-3)52(88)73-45-29(4)67-56(92)37-26-63(98-6)51(76-62(97)77-63)32-23-31(19-21-38(32)79)24-36(71-59(95)46(30(5)78)74-58(45)94)55(91)69-33(8-2)53(89)75-47(39(80)25-43(65)83)57(93)66-27-44(84)68-35(54(90)72-37)20-22-42(64)82/h8-9,15-19,21,23,29-30,35-37,39-41,45-50,61,78-81,85-87H,7,10-14,20,22,24-28H2,1-6H3,(H2,64,82)(H2,65,83)(H,66,93)(H,67,92)(H,68,84)(H,69,91)(H,70,96)(H,71,95)(H,72,90)(H,73,88)(H,74,94)(H,75,89)(H,77,97)/b16-15+,18-17+,33-8+,34-9+/t29-,30+,35+,36?,37-,39-,40+,41+,45+,46+,47?,48-,49-,50-,61?,63+/m0/s1. The van der Waals surface area contributed by atoms with E-state index in [9.17, 15) is 88.5 Å². The first-order valence-corrected chi connectivity index (χ1v) is 32.2. The summed E-state index contributed by atoms with van der Waals surface area (Å²) in [6.07, 6.45) is -5.24. The van der Waals surface area contributed by atoms with Gasteiger partial charge < -0.3 is 120 Å². The molecule has 37 nitrogen and oxygen atoms in total. The van der Waals surface area contributed by atoms with Crippen LogP contribution in [0.1, 0.15) is 110 Å². The molecule has 4 heterocycles. The van der Waals surface area contributed by atoms with Crippen molar-refractivity contribution in [2.45, 2.75) is 202 Å². The number of nitrogens with one attached hydrogen (secondary N) is 11. The van der Waals surface area contributed by atoms with Crippen LogP contribution < -0.4 is 70.0 Å². The van der Waals surface area contributed by atoms with E-state index in [1.54, 1.807) is 6.08 Å². The predicted molar refractivity (Wildman–Crippen MR) is 347 cm³/mol. The molecule has 1 aromatic rings. The third kappa shape index (κ3) is 22.7. The van der Waals surface area contributed by atoms with E-state index in [1.165, 1.54) is 38.1 Å². The van der Waals surface area contributed by atoms with Crippen LogP contribution in [0.2, 0.25) is 0 Å². The first-order chi connectivity index (χ1) is 47.3. The number of benzene rings is 1. The molecule has 1 aromatic carbocycles. The number of methoxy groups -OCH3 is 1. The van der Waals surface area contributed by atoms with Crippen molar-refractivity contribution >= 4 is 82.6 Å². The average Bonchev–Trinajstić information content (AvgIpc) is 1.58. The number of hydrogen-bond donors (Lipinski definition) is 20. The van der Waals surface area contributed by atoms with Gasteiger partial charge in [-0.1, -0.05) is 75.1 Å². The quantitative estimate of drug-likeness (QED) is 0.0275. The zero-order valence-corrected chi connectivity index (χ0v) is 55.8. The van der Waals surface area contributed by atoms with E-state index in [4.69, 9.17) is 25.7 Å². The number of primary amides is 2. The summed E-state index contributed by atoms with van der Waals surface area (Å²) in [6, 6.07) is -11.9. The number of nitrogens with two attached hydrogens (primary N) is 2. The molecule has 14 amide bonds. The van der Waals surface area contributed by atoms with Crippen molar-refractivity contribution in [3.8, 4) is 5.75 Å². The number of nitrogens with zero attached hydrogens (tertiary/aromatic N) is 1. The molecule has 0 radical (unpaired) electrons. The highest BCUT2D eigenvalue weighted by atomic mass is 16.7. The first-order valence-electron chi connectivity index (χ1n) is 32.2. The second-order valence-electron chi connectivity index (χ2n) is 24.0. The number of allylic oxidation sites excluding steroid dienone is 5. The Morgan fingerprint density at radius 1 is 0.820 bits per heavy atom. The Morgan fingerprint density at radius 3 is 2.17 bits per heavy atom. The Bertz CT molecular complexity index is 3360. The zero-order valence-electron chi connectivity index (χ0n) is 55.8. The van der Waals surface area contributed by atoms with Crippen molar-refractivity contribution in [2.24, 2.45) is 16.5 Å². The fourth-order valence-corrected chi connectivity index (χ4v) is 10.7. The van der Waals surface area contributed by atoms with Crippen LogP contribution in [0.15, 0.2) is 71.0 Å². The monoisotopic (exact) mass is 1410 g/mol. The number of phenols is 1. The maximum Gasteiger partial charge on any atom is 0.343 e. The SMILES string of the molecule is C/C=C1/NC(=O)C2Cc3ccc(O)c(c3)C3=NC(=O)N[C@@]3(OC)C[C@H](NC(=O)[C@@H](CCC(N)=O)NC(=O)CNC(=O)C([C@@H](O)CC(N)=O)NC1=O)C(=O)N[C@@H](C)[C@@H](NC(=O)/C(=C\C)NC(=O)[C@@H](O)[C@@H](/C=C/C=C/CCCCCCC)OC1OC[C@@H](O)[C@H](O)[C@@H]1O)C(=O)N[C@H]([C@@H](C)O)C(=O)N2. The number of hydrogen-bond acceptors (Lipinski definition) is 23. The number of ether oxygens (including phenoxy) is 3. The lowest BCUT2D eigenvalue weighted by Crippen LogP contribution is -2.65. The van der Waals surface area contributed by atoms with Gasteiger partial charge in [-0.2, -0.15) is 4.99 Å². The van der Waals surface area contributed by atoms with Crippen LogP contribution in [-0.2, 0) is 78.2 Å². The van der Waals surface area contributed by atoms with Gasteiger partial charge in [0.15, 0.2) is 18.1 Å². The Labute approximate surface area is 573 Å². The number of carbonyl (C=O) groups is 13. The summed E-state index contributed by atoms with van der Waals surface area (Å²) < 4.78 is 17.0. The Kier molecular flexibility index (Phi) is 30.9. The van der Waals surface area contributed by atoms with Crippen molar-refractivity contribution in [1.82, 2.24) is 58.5 Å². The van der Waals surface area contributed by atoms with Gasteiger partial charge in [-0.05, 0) is 64.7 Å². The van der Waals surface area contributed by atoms with Gasteiger partial charge in [0.25, 0.3) is 17.7 Å². The van der Waals surface area contributed by atoms with Crippen molar-refractivity contribution in [3.05, 3.63) is 77.2 Å². The fraction of sp³-hybridized carbons (Fsp3) is 0.556. The number of amides is 14. The molecule has 4 aliphatic heterocycles. The second-order valence-corrected chi connectivity index (χ2v) is 24.0. The molecule has 5 rings (SSSR count). The van der Waals surface area contributed by atoms with E-state index in [1.807, 2.05) is 6.08 Å². The minimum atomic E-state index is -2.40. The zero-order chi connectivity index (χ0) is 74.3. The highest BCUT2D eigenvalue weighted by molar-refractivity contribution is 6.17. The van der Waals surface area contributed by atoms with Gasteiger partial charge in [-0.25, -0.2) is 4.79 Å². The fourth-order valence-electron chi connectivity index (χ4n) is 10.7. The molecule has 550 valence electrons. The lowest BCUT2D eigenvalue weighted by Gasteiger charge is -2.36. The summed E-state index contributed by atoms with van der Waals surface area (Å²) in [5.41, 5.74) is 6.10. The predicted octanol–water partition coefficient (Wildman–Crippen LogP) is -6.68. The van der Waals surface area contributed by atoms with E-state index < -0.39 is 242 Å². The number of rotatable bonds is 23. The number of aliphatic imine (C=N–C) groups is 1. The summed E-state index contributed by atoms with van der Waals surface area (Å²) in [6.45, 7) is 5.03. The van der Waals surface area contributed by atoms with Gasteiger partial charge in [0.1, 0.15) is 83.5 Å². The molecule has 0 aromatic heterocycles. The lowest BCUT2D eigenvalue weighted by atomic mass is 9.90. The van der Waals surface area contributed by atoms with Crippen LogP contribution in [0.25, 0.3) is 0 Å². The summed E-state index contributed by atoms with van der Waals surface area (Å²) in [4.78, 5) is 187. The molecular formula is C63H90N14O23. The summed E-state index contributed by atoms with van der Waals surface area (Å²) in [5.74, 6) is -16.2. The van der Waals surface area contributed by atoms with Crippen molar-refractivity contribution in [3.63, 3.8) is 0 Å². The highest BCUT2D eigenvalue weighted by Crippen LogP contribution is 2.32. The molecule has 0 aliphatic carbocycles. The minimum absolute atomic E-state index is 0.00469. The largest absolute Gasteiger partial charge is 0.507 e. The highest BCUT2D eigenvalue weighted by Gasteiger charge is 2.49. The Balaban J connectivity index is 1.68. The van der Waals surface area contributed by atoms with E-state index >= 15 is 9.59 Å². The van der Waals surface area contributed by atoms with Crippen molar-refractivity contribution in [2.75, 3.05) is 20.3 Å². The van der Waals surface area contributed by atoms with Gasteiger partial charge in [-0.3, -0.25) is 57.5 Å². The third-order valence-corrected chi connectivity index (χ3v) is 16.3. The molecule has 3 unspecified atom stereocenters. The van der Waals surface area contributed by atoms with Crippen LogP contribution in [0.4, 0.5) is 4.79 Å². The van der Waals surface area contributed by atoms with Crippen molar-refractivity contribution < 1.29 is 112 Å². The van der Waals surface area contributed by atoms with E-state index in [0.717, 1.165) is 71.3 Å². The molecule has 22 N–H and O–H groups in total. The van der Waals surface area contributed by atoms with Gasteiger partial charge in [-0.15, -0.1) is 0 Å². The smallest absolute Gasteiger partial charge is 0.343 e. The normalized spacial score (nSPS) is 28.1. The molecule has 0 spiro atoms. The summed E-state index contributed by atoms with van der Waals surface area (Å²) >= 11 is 0. The number of fused-ring (bicyclic) bond motifs is 2. The molecule has 100 heavy (non-hydrogen) atoms. The molecule has 4 bridgehead atoms. The van der Waals surface area contributed by atoms with Crippen LogP contribution in [0, 0.1) is 0 Å². The molecule has 4 aliphatic rings. The van der Waals surface area contributed by atoms with Crippen LogP contribution >= 0.6 is 0 Å². The maximum atomic E-state index is 15.2. The first kappa shape index (κ1) is 81.1. The van der Waals surface area contributed by atoms with Crippen LogP contribution in [0.5, 0.6) is 5.75 Å². The molecule has 1 fully saturated rings. The van der Waals surface area contributed by atoms with Gasteiger partial charge in [0.05, 0.1) is 37.8 Å². The number of aliphatic hydroxyl groups is 6. The van der Waals surface area contributed by atoms with Crippen LogP contribution in [0.3, 0.4) is 0 Å². The van der Waals surface area contributed by atoms with Gasteiger partial charge in [0.2, 0.25) is 53.2 Å². The molecule has 1 saturated heterocycles. The van der Waals surface area contributed by atoms with E-state index in [2.05, 4.69) is 70.4 Å². The average molecular weight is 1410 g/mol. The number of phenolic OH excluding ortho intramolecular Hbond substituents is 1. The number of urea groups is 1. The lowest BCUT2D eigenvalue weighted by molar-refractivity contribution is -0.283. The van der Waals surface area contributed by atoms with E-state index in [0.29, 0.717) is 6.42 Å². The number of aliphatic hydroxyl groups excluding tert-OH is 6. The Hall–Kier alpha value is -9.60. The summed E-state index contributed by atoms with van der Waals surface area (Å²) in [7, 11) is 1.02. The summed E-state index contributed by atoms with van der Waals surface area (Å²) in [5, 5.41) is 102. The van der Waals surface area contributed by atoms with Gasteiger partial charge in [0, 0.05) is 31.9 Å². The molecule has 16 atom stereocenters. The van der Waals surface area contributed by atoms with E-state index in [-0.39, 0.29) is 11.1 Å². The number of unbranched alkanes of at least 4 members (excludes halogenated alkanes) is 5. The minimum Gasteiger partial charge on any atom is -0.507 e. The Morgan fingerprint density at radius 2 is 1.52 bits per heavy atom. The molecular weight excluding hydrogens is 1320 g/mol. The van der Waals surface area contributed by atoms with Crippen molar-refractivity contribution in [1.29, 1.82) is 0 Å². The van der Waals surface area contributed by atoms with Gasteiger partial charge >= 0.3 is 6.03 Å². The number of carbonyl (C=O) groups excluding carboxylic acids is 13. The van der Waals surface area contributed by atoms with Crippen LogP contribution in [-0.4, -0.2) is 236 Å².